The van der Waals surface area contributed by atoms with Gasteiger partial charge in [0.25, 0.3) is 0 Å². The van der Waals surface area contributed by atoms with E-state index in [-0.39, 0.29) is 0 Å². The summed E-state index contributed by atoms with van der Waals surface area (Å²) in [5, 5.41) is 7.59. The van der Waals surface area contributed by atoms with E-state index in [2.05, 4.69) is 195 Å². The smallest absolute Gasteiger partial charge is 0.00237 e. The van der Waals surface area contributed by atoms with Gasteiger partial charge < -0.3 is 0 Å². The molecule has 0 bridgehead atoms. The van der Waals surface area contributed by atoms with E-state index in [1.165, 1.54) is 93.5 Å². The molecule has 9 aromatic carbocycles. The highest BCUT2D eigenvalue weighted by atomic mass is 14.2. The second-order valence-electron chi connectivity index (χ2n) is 12.9. The van der Waals surface area contributed by atoms with Crippen molar-refractivity contribution in [3.63, 3.8) is 0 Å². The minimum absolute atomic E-state index is 1.22. The monoisotopic (exact) mass is 622 g/mol. The van der Waals surface area contributed by atoms with Gasteiger partial charge in [0, 0.05) is 0 Å². The Labute approximate surface area is 287 Å². The van der Waals surface area contributed by atoms with Crippen LogP contribution < -0.4 is 0 Å². The van der Waals surface area contributed by atoms with Gasteiger partial charge in [-0.3, -0.25) is 0 Å². The Morgan fingerprint density at radius 2 is 0.755 bits per heavy atom. The van der Waals surface area contributed by atoms with Crippen molar-refractivity contribution in [3.05, 3.63) is 194 Å². The largest absolute Gasteiger partial charge is 0.0622 e. The van der Waals surface area contributed by atoms with Crippen LogP contribution in [-0.4, -0.2) is 0 Å². The fraction of sp³-hybridized carbons (Fsp3) is 0.0204. The van der Waals surface area contributed by atoms with Crippen LogP contribution in [0.2, 0.25) is 0 Å². The normalized spacial score (nSPS) is 11.4. The maximum atomic E-state index is 2.42. The summed E-state index contributed by atoms with van der Waals surface area (Å²) in [7, 11) is 0. The summed E-state index contributed by atoms with van der Waals surface area (Å²) in [6.07, 6.45) is 0. The Bertz CT molecular complexity index is 2530. The molecule has 0 nitrogen and oxygen atoms in total. The Balaban J connectivity index is 1.31. The maximum absolute atomic E-state index is 2.42. The number of aryl methyl sites for hydroxylation is 1. The molecule has 0 unspecified atom stereocenters. The van der Waals surface area contributed by atoms with Crippen molar-refractivity contribution >= 4 is 32.3 Å². The molecule has 0 radical (unpaired) electrons. The van der Waals surface area contributed by atoms with Crippen LogP contribution in [0, 0.1) is 6.92 Å². The van der Waals surface area contributed by atoms with Crippen molar-refractivity contribution in [1.82, 2.24) is 0 Å². The first-order valence-electron chi connectivity index (χ1n) is 17.0. The molecule has 0 N–H and O–H groups in total. The van der Waals surface area contributed by atoms with Gasteiger partial charge in [-0.1, -0.05) is 164 Å². The van der Waals surface area contributed by atoms with Crippen molar-refractivity contribution in [2.45, 2.75) is 6.92 Å². The predicted molar refractivity (Wildman–Crippen MR) is 211 cm³/mol. The van der Waals surface area contributed by atoms with Gasteiger partial charge in [-0.05, 0) is 125 Å². The van der Waals surface area contributed by atoms with E-state index in [0.29, 0.717) is 0 Å². The highest BCUT2D eigenvalue weighted by Gasteiger charge is 2.18. The van der Waals surface area contributed by atoms with Gasteiger partial charge in [-0.15, -0.1) is 0 Å². The lowest BCUT2D eigenvalue weighted by Crippen LogP contribution is -1.92. The first-order valence-corrected chi connectivity index (χ1v) is 17.0. The van der Waals surface area contributed by atoms with Crippen LogP contribution in [0.4, 0.5) is 0 Å². The molecule has 9 rings (SSSR count). The van der Waals surface area contributed by atoms with Crippen LogP contribution in [0.5, 0.6) is 0 Å². The molecule has 0 aliphatic rings. The molecule has 0 heterocycles. The lowest BCUT2D eigenvalue weighted by Gasteiger charge is -2.19. The molecule has 0 aliphatic heterocycles. The SMILES string of the molecule is Cc1ccccc1-c1c2ccccc2c(-c2ccc3cccc(-c4cc(-c5ccccc5)cc(-c5ccccc5)c4)c3c2)c2ccccc12. The fourth-order valence-electron chi connectivity index (χ4n) is 7.64. The third kappa shape index (κ3) is 5.10. The van der Waals surface area contributed by atoms with Gasteiger partial charge in [-0.2, -0.15) is 0 Å². The van der Waals surface area contributed by atoms with E-state index in [9.17, 15) is 0 Å². The van der Waals surface area contributed by atoms with E-state index in [4.69, 9.17) is 0 Å². The zero-order valence-corrected chi connectivity index (χ0v) is 27.4. The maximum Gasteiger partial charge on any atom is -0.00237 e. The van der Waals surface area contributed by atoms with Crippen molar-refractivity contribution in [1.29, 1.82) is 0 Å². The van der Waals surface area contributed by atoms with Crippen LogP contribution in [0.1, 0.15) is 5.56 Å². The summed E-state index contributed by atoms with van der Waals surface area (Å²) >= 11 is 0. The summed E-state index contributed by atoms with van der Waals surface area (Å²) in [5.74, 6) is 0. The zero-order chi connectivity index (χ0) is 32.7. The molecule has 0 atom stereocenters. The first-order chi connectivity index (χ1) is 24.2. The number of hydrogen-bond acceptors (Lipinski definition) is 0. The molecule has 0 amide bonds. The summed E-state index contributed by atoms with van der Waals surface area (Å²) < 4.78 is 0. The summed E-state index contributed by atoms with van der Waals surface area (Å²) in [4.78, 5) is 0. The van der Waals surface area contributed by atoms with Gasteiger partial charge in [0.05, 0.1) is 0 Å². The minimum atomic E-state index is 1.22. The Hall–Kier alpha value is -6.24. The third-order valence-corrected chi connectivity index (χ3v) is 9.97. The minimum Gasteiger partial charge on any atom is -0.0622 e. The third-order valence-electron chi connectivity index (χ3n) is 9.97. The molecule has 49 heavy (non-hydrogen) atoms. The van der Waals surface area contributed by atoms with Crippen LogP contribution >= 0.6 is 0 Å². The molecule has 0 aromatic heterocycles. The molecule has 0 spiro atoms. The zero-order valence-electron chi connectivity index (χ0n) is 27.4. The average molecular weight is 623 g/mol. The molecule has 230 valence electrons. The van der Waals surface area contributed by atoms with E-state index < -0.39 is 0 Å². The second-order valence-corrected chi connectivity index (χ2v) is 12.9. The van der Waals surface area contributed by atoms with Crippen LogP contribution in [0.25, 0.3) is 88.0 Å². The topological polar surface area (TPSA) is 0 Å². The molecule has 0 aliphatic carbocycles. The van der Waals surface area contributed by atoms with Crippen molar-refractivity contribution in [3.8, 4) is 55.6 Å². The second kappa shape index (κ2) is 12.1. The van der Waals surface area contributed by atoms with E-state index in [1.54, 1.807) is 0 Å². The lowest BCUT2D eigenvalue weighted by molar-refractivity contribution is 1.47. The molecule has 9 aromatic rings. The fourth-order valence-corrected chi connectivity index (χ4v) is 7.64. The Morgan fingerprint density at radius 3 is 1.35 bits per heavy atom. The standard InChI is InChI=1S/C49H34/c1-33-15-8-9-21-41(33)49-45-24-12-10-22-43(45)48(44-23-11-13-25-46(44)49)37-28-27-36-20-14-26-42(47(36)32-37)40-30-38(34-16-4-2-5-17-34)29-39(31-40)35-18-6-3-7-19-35/h2-32H,1H3. The first kappa shape index (κ1) is 28.9. The Morgan fingerprint density at radius 1 is 0.265 bits per heavy atom. The highest BCUT2D eigenvalue weighted by Crippen LogP contribution is 2.45. The molecule has 0 heteroatoms. The lowest BCUT2D eigenvalue weighted by atomic mass is 9.84. The average Bonchev–Trinajstić information content (AvgIpc) is 3.17. The number of benzene rings is 9. The molecular weight excluding hydrogens is 589 g/mol. The van der Waals surface area contributed by atoms with Gasteiger partial charge >= 0.3 is 0 Å². The van der Waals surface area contributed by atoms with Gasteiger partial charge in [-0.25, -0.2) is 0 Å². The summed E-state index contributed by atoms with van der Waals surface area (Å²) in [5.41, 5.74) is 13.7. The number of hydrogen-bond donors (Lipinski definition) is 0. The molecule has 0 saturated carbocycles. The van der Waals surface area contributed by atoms with Crippen LogP contribution in [0.3, 0.4) is 0 Å². The van der Waals surface area contributed by atoms with Gasteiger partial charge in [0.15, 0.2) is 0 Å². The molecule has 0 saturated heterocycles. The number of fused-ring (bicyclic) bond motifs is 3. The van der Waals surface area contributed by atoms with Crippen molar-refractivity contribution < 1.29 is 0 Å². The Kier molecular flexibility index (Phi) is 7.14. The summed E-state index contributed by atoms with van der Waals surface area (Å²) in [6.45, 7) is 2.22. The quantitative estimate of drug-likeness (QED) is 0.168. The highest BCUT2D eigenvalue weighted by molar-refractivity contribution is 6.22. The van der Waals surface area contributed by atoms with Crippen molar-refractivity contribution in [2.75, 3.05) is 0 Å². The predicted octanol–water partition coefficient (Wildman–Crippen LogP) is 13.8. The number of rotatable bonds is 5. The van der Waals surface area contributed by atoms with Crippen LogP contribution in [0.15, 0.2) is 188 Å². The van der Waals surface area contributed by atoms with Crippen LogP contribution in [-0.2, 0) is 0 Å². The molecular formula is C49H34. The van der Waals surface area contributed by atoms with Gasteiger partial charge in [0.1, 0.15) is 0 Å². The van der Waals surface area contributed by atoms with Gasteiger partial charge in [0.2, 0.25) is 0 Å². The van der Waals surface area contributed by atoms with E-state index >= 15 is 0 Å². The van der Waals surface area contributed by atoms with Crippen molar-refractivity contribution in [2.24, 2.45) is 0 Å². The summed E-state index contributed by atoms with van der Waals surface area (Å²) in [6, 6.07) is 68.8. The molecule has 0 fully saturated rings. The van der Waals surface area contributed by atoms with E-state index in [0.717, 1.165) is 0 Å². The van der Waals surface area contributed by atoms with E-state index in [1.807, 2.05) is 0 Å².